The minimum Gasteiger partial charge on any atom is -0.497 e. The highest BCUT2D eigenvalue weighted by Gasteiger charge is 2.46. The van der Waals surface area contributed by atoms with Crippen LogP contribution in [0.5, 0.6) is 5.75 Å². The Bertz CT molecular complexity index is 437. The molecular formula is C15H19NO. The Balaban J connectivity index is 1.98. The maximum atomic E-state index is 5.23. The smallest absolute Gasteiger partial charge is 0.118 e. The predicted octanol–water partition coefficient (Wildman–Crippen LogP) is 2.95. The lowest BCUT2D eigenvalue weighted by Crippen LogP contribution is -2.35. The molecule has 2 fully saturated rings. The summed E-state index contributed by atoms with van der Waals surface area (Å²) < 4.78 is 5.23. The van der Waals surface area contributed by atoms with Gasteiger partial charge >= 0.3 is 0 Å². The number of ether oxygens (including phenoxy) is 1. The van der Waals surface area contributed by atoms with E-state index in [2.05, 4.69) is 35.7 Å². The molecule has 0 radical (unpaired) electrons. The molecule has 90 valence electrons. The second-order valence-electron chi connectivity index (χ2n) is 5.21. The van der Waals surface area contributed by atoms with Gasteiger partial charge < -0.3 is 4.74 Å². The topological polar surface area (TPSA) is 12.5 Å². The number of benzene rings is 1. The molecule has 2 aliphatic heterocycles. The maximum Gasteiger partial charge on any atom is 0.118 e. The third-order valence-electron chi connectivity index (χ3n) is 4.21. The highest BCUT2D eigenvalue weighted by atomic mass is 16.5. The number of nitrogens with zero attached hydrogens (tertiary/aromatic N) is 1. The van der Waals surface area contributed by atoms with Crippen molar-refractivity contribution >= 4 is 0 Å². The number of fused-ring (bicyclic) bond motifs is 1. The summed E-state index contributed by atoms with van der Waals surface area (Å²) in [7, 11) is 1.71. The van der Waals surface area contributed by atoms with Gasteiger partial charge in [0.15, 0.2) is 0 Å². The monoisotopic (exact) mass is 229 g/mol. The minimum atomic E-state index is 0.239. The van der Waals surface area contributed by atoms with Crippen LogP contribution in [-0.2, 0) is 5.54 Å². The molecule has 2 nitrogen and oxygen atoms in total. The molecule has 0 bridgehead atoms. The Morgan fingerprint density at radius 3 is 2.76 bits per heavy atom. The summed E-state index contributed by atoms with van der Waals surface area (Å²) in [5, 5.41) is 0. The van der Waals surface area contributed by atoms with Crippen LogP contribution in [0.3, 0.4) is 0 Å². The molecule has 2 saturated heterocycles. The lowest BCUT2D eigenvalue weighted by molar-refractivity contribution is 0.197. The van der Waals surface area contributed by atoms with Crippen molar-refractivity contribution in [2.75, 3.05) is 20.2 Å². The molecule has 0 spiro atoms. The fourth-order valence-corrected chi connectivity index (χ4v) is 3.43. The van der Waals surface area contributed by atoms with Gasteiger partial charge in [0.1, 0.15) is 5.75 Å². The third-order valence-corrected chi connectivity index (χ3v) is 4.21. The zero-order valence-corrected chi connectivity index (χ0v) is 10.4. The number of rotatable bonds is 2. The van der Waals surface area contributed by atoms with E-state index >= 15 is 0 Å². The summed E-state index contributed by atoms with van der Waals surface area (Å²) in [6.07, 6.45) is 3.69. The molecule has 17 heavy (non-hydrogen) atoms. The fourth-order valence-electron chi connectivity index (χ4n) is 3.43. The van der Waals surface area contributed by atoms with Crippen LogP contribution in [0.15, 0.2) is 36.4 Å². The van der Waals surface area contributed by atoms with E-state index in [1.807, 2.05) is 0 Å². The quantitative estimate of drug-likeness (QED) is 0.723. The second kappa shape index (κ2) is 3.88. The molecule has 0 aliphatic carbocycles. The minimum absolute atomic E-state index is 0.239. The molecule has 1 atom stereocenters. The first-order valence-electron chi connectivity index (χ1n) is 6.31. The molecule has 0 saturated carbocycles. The Kier molecular flexibility index (Phi) is 2.48. The summed E-state index contributed by atoms with van der Waals surface area (Å²) >= 11 is 0. The number of hydrogen-bond acceptors (Lipinski definition) is 2. The second-order valence-corrected chi connectivity index (χ2v) is 5.21. The van der Waals surface area contributed by atoms with Gasteiger partial charge in [-0.15, -0.1) is 0 Å². The van der Waals surface area contributed by atoms with Gasteiger partial charge in [-0.2, -0.15) is 0 Å². The lowest BCUT2D eigenvalue weighted by Gasteiger charge is -2.32. The molecule has 0 amide bonds. The Hall–Kier alpha value is -1.28. The SMILES string of the molecule is C=C1CN2CCCC2(c2ccc(OC)cc2)C1. The van der Waals surface area contributed by atoms with E-state index in [9.17, 15) is 0 Å². The molecule has 2 heteroatoms. The van der Waals surface area contributed by atoms with Crippen molar-refractivity contribution in [2.24, 2.45) is 0 Å². The van der Waals surface area contributed by atoms with Crippen LogP contribution in [0, 0.1) is 0 Å². The Morgan fingerprint density at radius 2 is 2.06 bits per heavy atom. The summed E-state index contributed by atoms with van der Waals surface area (Å²) in [5.74, 6) is 0.937. The molecule has 1 aromatic carbocycles. The molecule has 2 heterocycles. The van der Waals surface area contributed by atoms with Crippen molar-refractivity contribution in [3.8, 4) is 5.75 Å². The maximum absolute atomic E-state index is 5.23. The van der Waals surface area contributed by atoms with E-state index < -0.39 is 0 Å². The van der Waals surface area contributed by atoms with Gasteiger partial charge in [0, 0.05) is 6.54 Å². The fraction of sp³-hybridized carbons (Fsp3) is 0.467. The molecule has 1 unspecified atom stereocenters. The van der Waals surface area contributed by atoms with E-state index in [1.165, 1.54) is 30.5 Å². The van der Waals surface area contributed by atoms with E-state index in [-0.39, 0.29) is 5.54 Å². The largest absolute Gasteiger partial charge is 0.497 e. The van der Waals surface area contributed by atoms with Crippen molar-refractivity contribution in [2.45, 2.75) is 24.8 Å². The van der Waals surface area contributed by atoms with Gasteiger partial charge in [-0.1, -0.05) is 24.3 Å². The summed E-state index contributed by atoms with van der Waals surface area (Å²) in [5.41, 5.74) is 3.04. The van der Waals surface area contributed by atoms with Gasteiger partial charge in [0.05, 0.1) is 12.6 Å². The van der Waals surface area contributed by atoms with Crippen molar-refractivity contribution in [3.63, 3.8) is 0 Å². The summed E-state index contributed by atoms with van der Waals surface area (Å²) in [6, 6.07) is 8.58. The lowest BCUT2D eigenvalue weighted by atomic mass is 9.85. The first-order chi connectivity index (χ1) is 8.24. The summed E-state index contributed by atoms with van der Waals surface area (Å²) in [6.45, 7) is 6.46. The van der Waals surface area contributed by atoms with Crippen molar-refractivity contribution in [1.29, 1.82) is 0 Å². The van der Waals surface area contributed by atoms with Crippen LogP contribution in [0.4, 0.5) is 0 Å². The van der Waals surface area contributed by atoms with Crippen molar-refractivity contribution < 1.29 is 4.74 Å². The average molecular weight is 229 g/mol. The van der Waals surface area contributed by atoms with Crippen LogP contribution in [0.25, 0.3) is 0 Å². The first-order valence-corrected chi connectivity index (χ1v) is 6.31. The molecule has 0 N–H and O–H groups in total. The van der Waals surface area contributed by atoms with Crippen molar-refractivity contribution in [1.82, 2.24) is 4.90 Å². The van der Waals surface area contributed by atoms with E-state index in [0.717, 1.165) is 18.7 Å². The first kappa shape index (κ1) is 10.8. The molecular weight excluding hydrogens is 210 g/mol. The molecule has 3 rings (SSSR count). The zero-order valence-electron chi connectivity index (χ0n) is 10.4. The van der Waals surface area contributed by atoms with Gasteiger partial charge in [-0.3, -0.25) is 4.90 Å². The number of hydrogen-bond donors (Lipinski definition) is 0. The van der Waals surface area contributed by atoms with Crippen LogP contribution in [0.1, 0.15) is 24.8 Å². The Labute approximate surface area is 103 Å². The highest BCUT2D eigenvalue weighted by molar-refractivity contribution is 5.36. The van der Waals surface area contributed by atoms with Crippen LogP contribution >= 0.6 is 0 Å². The van der Waals surface area contributed by atoms with Crippen LogP contribution in [0.2, 0.25) is 0 Å². The van der Waals surface area contributed by atoms with Gasteiger partial charge in [-0.05, 0) is 43.5 Å². The standard InChI is InChI=1S/C15H19NO/c1-12-10-15(8-3-9-16(15)11-12)13-4-6-14(17-2)7-5-13/h4-7H,1,3,8-11H2,2H3. The Morgan fingerprint density at radius 1 is 1.29 bits per heavy atom. The summed E-state index contributed by atoms with van der Waals surface area (Å²) in [4.78, 5) is 2.59. The molecule has 0 aromatic heterocycles. The molecule has 2 aliphatic rings. The van der Waals surface area contributed by atoms with E-state index in [0.29, 0.717) is 0 Å². The zero-order chi connectivity index (χ0) is 11.9. The third kappa shape index (κ3) is 1.59. The number of methoxy groups -OCH3 is 1. The highest BCUT2D eigenvalue weighted by Crippen LogP contribution is 2.48. The van der Waals surface area contributed by atoms with Gasteiger partial charge in [-0.25, -0.2) is 0 Å². The average Bonchev–Trinajstić information content (AvgIpc) is 2.86. The van der Waals surface area contributed by atoms with Crippen LogP contribution in [-0.4, -0.2) is 25.1 Å². The van der Waals surface area contributed by atoms with Crippen molar-refractivity contribution in [3.05, 3.63) is 42.0 Å². The van der Waals surface area contributed by atoms with Gasteiger partial charge in [0.25, 0.3) is 0 Å². The van der Waals surface area contributed by atoms with E-state index in [4.69, 9.17) is 4.74 Å². The van der Waals surface area contributed by atoms with Gasteiger partial charge in [0.2, 0.25) is 0 Å². The van der Waals surface area contributed by atoms with Crippen LogP contribution < -0.4 is 4.74 Å². The van der Waals surface area contributed by atoms with E-state index in [1.54, 1.807) is 7.11 Å². The molecule has 1 aromatic rings. The predicted molar refractivity (Wildman–Crippen MR) is 69.2 cm³/mol. The normalized spacial score (nSPS) is 28.4.